The van der Waals surface area contributed by atoms with Gasteiger partial charge in [-0.25, -0.2) is 0 Å². The van der Waals surface area contributed by atoms with Crippen molar-refractivity contribution in [2.75, 3.05) is 19.7 Å². The Bertz CT molecular complexity index is 956. The number of nitrogens with zero attached hydrogens (tertiary/aromatic N) is 1. The Labute approximate surface area is 185 Å². The Kier molecular flexibility index (Phi) is 8.68. The van der Waals surface area contributed by atoms with Crippen LogP contribution in [0.4, 0.5) is 0 Å². The van der Waals surface area contributed by atoms with E-state index in [0.717, 1.165) is 41.7 Å². The number of ether oxygens (including phenoxy) is 1. The van der Waals surface area contributed by atoms with Crippen molar-refractivity contribution in [1.82, 2.24) is 4.90 Å². The summed E-state index contributed by atoms with van der Waals surface area (Å²) in [5, 5.41) is 0. The van der Waals surface area contributed by atoms with Crippen LogP contribution in [-0.2, 0) is 19.4 Å². The first-order valence-corrected chi connectivity index (χ1v) is 11.0. The molecule has 0 aromatic heterocycles. The van der Waals surface area contributed by atoms with Crippen LogP contribution in [0.3, 0.4) is 0 Å². The van der Waals surface area contributed by atoms with Gasteiger partial charge in [0.25, 0.3) is 5.91 Å². The normalized spacial score (nSPS) is 10.6. The van der Waals surface area contributed by atoms with Crippen molar-refractivity contribution >= 4 is 5.91 Å². The monoisotopic (exact) mass is 416 g/mol. The minimum Gasteiger partial charge on any atom is -0.494 e. The first-order valence-electron chi connectivity index (χ1n) is 11.0. The molecule has 2 N–H and O–H groups in total. The Hall–Kier alpha value is -3.11. The van der Waals surface area contributed by atoms with E-state index in [2.05, 4.69) is 30.3 Å². The lowest BCUT2D eigenvalue weighted by molar-refractivity contribution is 0.0739. The molecule has 0 heterocycles. The molecule has 0 unspecified atom stereocenters. The summed E-state index contributed by atoms with van der Waals surface area (Å²) in [5.74, 6) is 0.872. The summed E-state index contributed by atoms with van der Waals surface area (Å²) in [7, 11) is 0. The number of benzene rings is 3. The number of carbonyl (C=O) groups is 1. The van der Waals surface area contributed by atoms with Crippen LogP contribution in [-0.4, -0.2) is 30.5 Å². The lowest BCUT2D eigenvalue weighted by Crippen LogP contribution is -2.33. The molecule has 0 atom stereocenters. The first kappa shape index (κ1) is 22.6. The van der Waals surface area contributed by atoms with Gasteiger partial charge >= 0.3 is 0 Å². The second-order valence-electron chi connectivity index (χ2n) is 7.55. The standard InChI is InChI=1S/C27H32N2O2/c1-2-31-26-16-9-7-14-24(26)21-29(20-10-19-28)27(30)25-15-8-6-13-23(25)18-17-22-11-4-3-5-12-22/h3-9,11-16H,2,10,17-21,28H2,1H3. The summed E-state index contributed by atoms with van der Waals surface area (Å²) in [5.41, 5.74) is 9.89. The van der Waals surface area contributed by atoms with Crippen molar-refractivity contribution < 1.29 is 9.53 Å². The predicted octanol–water partition coefficient (Wildman–Crippen LogP) is 4.86. The van der Waals surface area contributed by atoms with Gasteiger partial charge in [0.2, 0.25) is 0 Å². The highest BCUT2D eigenvalue weighted by atomic mass is 16.5. The summed E-state index contributed by atoms with van der Waals surface area (Å²) < 4.78 is 5.78. The van der Waals surface area contributed by atoms with Crippen LogP contribution in [0.25, 0.3) is 0 Å². The van der Waals surface area contributed by atoms with E-state index in [1.807, 2.05) is 60.4 Å². The molecule has 0 fully saturated rings. The Morgan fingerprint density at radius 3 is 2.29 bits per heavy atom. The highest BCUT2D eigenvalue weighted by molar-refractivity contribution is 5.95. The highest BCUT2D eigenvalue weighted by Gasteiger charge is 2.20. The molecule has 1 amide bonds. The molecule has 162 valence electrons. The van der Waals surface area contributed by atoms with Gasteiger partial charge < -0.3 is 15.4 Å². The molecule has 0 spiro atoms. The van der Waals surface area contributed by atoms with Crippen molar-refractivity contribution in [3.8, 4) is 5.75 Å². The number of aryl methyl sites for hydroxylation is 2. The molecule has 3 aromatic carbocycles. The minimum absolute atomic E-state index is 0.0448. The van der Waals surface area contributed by atoms with E-state index in [9.17, 15) is 4.79 Å². The van der Waals surface area contributed by atoms with Crippen LogP contribution in [0.15, 0.2) is 78.9 Å². The lowest BCUT2D eigenvalue weighted by atomic mass is 9.98. The van der Waals surface area contributed by atoms with Crippen LogP contribution >= 0.6 is 0 Å². The lowest BCUT2D eigenvalue weighted by Gasteiger charge is -2.25. The van der Waals surface area contributed by atoms with Gasteiger partial charge in [-0.1, -0.05) is 66.7 Å². The van der Waals surface area contributed by atoms with E-state index in [-0.39, 0.29) is 5.91 Å². The summed E-state index contributed by atoms with van der Waals surface area (Å²) in [6.45, 7) is 4.23. The summed E-state index contributed by atoms with van der Waals surface area (Å²) >= 11 is 0. The van der Waals surface area contributed by atoms with Gasteiger partial charge in [-0.2, -0.15) is 0 Å². The zero-order valence-electron chi connectivity index (χ0n) is 18.3. The minimum atomic E-state index is 0.0448. The number of carbonyl (C=O) groups excluding carboxylic acids is 1. The number of para-hydroxylation sites is 1. The zero-order valence-corrected chi connectivity index (χ0v) is 18.3. The second-order valence-corrected chi connectivity index (χ2v) is 7.55. The molecule has 4 nitrogen and oxygen atoms in total. The molecule has 4 heteroatoms. The number of nitrogens with two attached hydrogens (primary N) is 1. The number of amides is 1. The topological polar surface area (TPSA) is 55.6 Å². The third kappa shape index (κ3) is 6.43. The van der Waals surface area contributed by atoms with Crippen LogP contribution in [0.5, 0.6) is 5.75 Å². The fraction of sp³-hybridized carbons (Fsp3) is 0.296. The van der Waals surface area contributed by atoms with E-state index in [4.69, 9.17) is 10.5 Å². The van der Waals surface area contributed by atoms with E-state index < -0.39 is 0 Å². The van der Waals surface area contributed by atoms with Gasteiger partial charge in [-0.15, -0.1) is 0 Å². The molecule has 0 radical (unpaired) electrons. The van der Waals surface area contributed by atoms with E-state index in [1.165, 1.54) is 5.56 Å². The molecular weight excluding hydrogens is 384 g/mol. The second kappa shape index (κ2) is 11.9. The molecule has 0 aliphatic rings. The maximum atomic E-state index is 13.6. The molecule has 3 aromatic rings. The third-order valence-electron chi connectivity index (χ3n) is 5.33. The molecule has 0 bridgehead atoms. The van der Waals surface area contributed by atoms with Crippen LogP contribution in [0.2, 0.25) is 0 Å². The smallest absolute Gasteiger partial charge is 0.254 e. The van der Waals surface area contributed by atoms with Crippen molar-refractivity contribution in [1.29, 1.82) is 0 Å². The fourth-order valence-electron chi connectivity index (χ4n) is 3.71. The molecule has 0 saturated carbocycles. The SMILES string of the molecule is CCOc1ccccc1CN(CCCN)C(=O)c1ccccc1CCc1ccccc1. The van der Waals surface area contributed by atoms with Gasteiger partial charge in [0.15, 0.2) is 0 Å². The van der Waals surface area contributed by atoms with Gasteiger partial charge in [-0.05, 0) is 56.0 Å². The molecular formula is C27H32N2O2. The van der Waals surface area contributed by atoms with Crippen LogP contribution < -0.4 is 10.5 Å². The van der Waals surface area contributed by atoms with Crippen molar-refractivity contribution in [2.24, 2.45) is 5.73 Å². The largest absolute Gasteiger partial charge is 0.494 e. The van der Waals surface area contributed by atoms with Crippen LogP contribution in [0, 0.1) is 0 Å². The summed E-state index contributed by atoms with van der Waals surface area (Å²) in [6.07, 6.45) is 2.49. The number of hydrogen-bond acceptors (Lipinski definition) is 3. The number of rotatable bonds is 11. The van der Waals surface area contributed by atoms with Crippen LogP contribution in [0.1, 0.15) is 40.4 Å². The molecule has 0 aliphatic heterocycles. The van der Waals surface area contributed by atoms with Gasteiger partial charge in [0.05, 0.1) is 6.61 Å². The van der Waals surface area contributed by atoms with E-state index in [1.54, 1.807) is 0 Å². The highest BCUT2D eigenvalue weighted by Crippen LogP contribution is 2.22. The van der Waals surface area contributed by atoms with Gasteiger partial charge in [0, 0.05) is 24.2 Å². The van der Waals surface area contributed by atoms with Crippen molar-refractivity contribution in [3.63, 3.8) is 0 Å². The fourth-order valence-corrected chi connectivity index (χ4v) is 3.71. The Balaban J connectivity index is 1.81. The Morgan fingerprint density at radius 1 is 0.871 bits per heavy atom. The molecule has 31 heavy (non-hydrogen) atoms. The summed E-state index contributed by atoms with van der Waals surface area (Å²) in [6, 6.07) is 26.2. The van der Waals surface area contributed by atoms with E-state index in [0.29, 0.717) is 26.2 Å². The quantitative estimate of drug-likeness (QED) is 0.486. The van der Waals surface area contributed by atoms with Crippen molar-refractivity contribution in [3.05, 3.63) is 101 Å². The molecule has 0 aliphatic carbocycles. The molecule has 3 rings (SSSR count). The van der Waals surface area contributed by atoms with Gasteiger partial charge in [-0.3, -0.25) is 4.79 Å². The van der Waals surface area contributed by atoms with Crippen molar-refractivity contribution in [2.45, 2.75) is 32.7 Å². The number of hydrogen-bond donors (Lipinski definition) is 1. The molecule has 0 saturated heterocycles. The zero-order chi connectivity index (χ0) is 21.9. The third-order valence-corrected chi connectivity index (χ3v) is 5.33. The maximum absolute atomic E-state index is 13.6. The predicted molar refractivity (Wildman–Crippen MR) is 126 cm³/mol. The van der Waals surface area contributed by atoms with Gasteiger partial charge in [0.1, 0.15) is 5.75 Å². The first-order chi connectivity index (χ1) is 15.2. The average molecular weight is 417 g/mol. The average Bonchev–Trinajstić information content (AvgIpc) is 2.82. The van der Waals surface area contributed by atoms with E-state index >= 15 is 0 Å². The Morgan fingerprint density at radius 2 is 1.55 bits per heavy atom. The summed E-state index contributed by atoms with van der Waals surface area (Å²) in [4.78, 5) is 15.5. The maximum Gasteiger partial charge on any atom is 0.254 e.